The molecule has 1 saturated heterocycles. The number of ether oxygens (including phenoxy) is 1. The van der Waals surface area contributed by atoms with Crippen LogP contribution in [0.2, 0.25) is 0 Å². The van der Waals surface area contributed by atoms with E-state index < -0.39 is 11.9 Å². The molecule has 0 saturated carbocycles. The smallest absolute Gasteiger partial charge is 0.308 e. The van der Waals surface area contributed by atoms with Gasteiger partial charge in [-0.3, -0.25) is 14.7 Å². The van der Waals surface area contributed by atoms with E-state index in [4.69, 9.17) is 4.74 Å². The minimum absolute atomic E-state index is 0.166. The number of rotatable bonds is 5. The van der Waals surface area contributed by atoms with Crippen molar-refractivity contribution in [3.8, 4) is 5.75 Å². The van der Waals surface area contributed by atoms with Crippen molar-refractivity contribution in [3.63, 3.8) is 0 Å². The van der Waals surface area contributed by atoms with E-state index in [1.165, 1.54) is 12.1 Å². The molecule has 1 N–H and O–H groups in total. The molecule has 5 nitrogen and oxygen atoms in total. The van der Waals surface area contributed by atoms with Crippen LogP contribution in [0.15, 0.2) is 30.5 Å². The number of halogens is 1. The molecule has 0 spiro atoms. The van der Waals surface area contributed by atoms with Gasteiger partial charge in [-0.1, -0.05) is 12.1 Å². The number of nitrogens with zero attached hydrogens (tertiary/aromatic N) is 2. The number of carbonyl (C=O) groups is 1. The van der Waals surface area contributed by atoms with Crippen molar-refractivity contribution in [2.45, 2.75) is 26.3 Å². The number of methoxy groups -OCH3 is 1. The zero-order valence-corrected chi connectivity index (χ0v) is 15.2. The Hall–Kier alpha value is -2.47. The van der Waals surface area contributed by atoms with E-state index in [9.17, 15) is 14.3 Å². The molecule has 1 aromatic heterocycles. The molecule has 0 aliphatic carbocycles. The summed E-state index contributed by atoms with van der Waals surface area (Å²) < 4.78 is 18.6. The summed E-state index contributed by atoms with van der Waals surface area (Å²) >= 11 is 0. The molecule has 1 fully saturated rings. The molecule has 1 aliphatic heterocycles. The molecule has 2 atom stereocenters. The number of carboxylic acid groups (broad SMARTS) is 1. The molecule has 0 radical (unpaired) electrons. The summed E-state index contributed by atoms with van der Waals surface area (Å²) in [4.78, 5) is 18.3. The summed E-state index contributed by atoms with van der Waals surface area (Å²) in [5.74, 6) is -1.01. The highest BCUT2D eigenvalue weighted by atomic mass is 19.1. The lowest BCUT2D eigenvalue weighted by Gasteiger charge is -2.18. The van der Waals surface area contributed by atoms with Crippen LogP contribution in [0.5, 0.6) is 5.75 Å². The molecule has 1 aliphatic rings. The van der Waals surface area contributed by atoms with Gasteiger partial charge in [0.1, 0.15) is 11.6 Å². The van der Waals surface area contributed by atoms with Gasteiger partial charge in [0.25, 0.3) is 0 Å². The second-order valence-electron chi connectivity index (χ2n) is 6.84. The Morgan fingerprint density at radius 3 is 2.62 bits per heavy atom. The van der Waals surface area contributed by atoms with Crippen LogP contribution in [-0.4, -0.2) is 41.2 Å². The van der Waals surface area contributed by atoms with Crippen LogP contribution < -0.4 is 4.74 Å². The second kappa shape index (κ2) is 7.41. The predicted octanol–water partition coefficient (Wildman–Crippen LogP) is 3.15. The third-order valence-corrected chi connectivity index (χ3v) is 5.13. The van der Waals surface area contributed by atoms with Crippen LogP contribution in [0.25, 0.3) is 0 Å². The zero-order chi connectivity index (χ0) is 18.8. The normalized spacial score (nSPS) is 20.3. The maximum Gasteiger partial charge on any atom is 0.308 e. The van der Waals surface area contributed by atoms with Crippen LogP contribution in [0.4, 0.5) is 4.39 Å². The van der Waals surface area contributed by atoms with E-state index in [1.807, 2.05) is 13.8 Å². The van der Waals surface area contributed by atoms with Gasteiger partial charge in [0, 0.05) is 42.9 Å². The average Bonchev–Trinajstić information content (AvgIpc) is 3.03. The Labute approximate surface area is 152 Å². The molecule has 3 rings (SSSR count). The summed E-state index contributed by atoms with van der Waals surface area (Å²) in [6.45, 7) is 5.51. The second-order valence-corrected chi connectivity index (χ2v) is 6.84. The van der Waals surface area contributed by atoms with E-state index in [0.29, 0.717) is 19.6 Å². The number of aromatic nitrogens is 1. The summed E-state index contributed by atoms with van der Waals surface area (Å²) in [5.41, 5.74) is 3.69. The monoisotopic (exact) mass is 358 g/mol. The SMILES string of the molecule is COc1c(C)cnc(CN2C[C@@H](C(=O)O)[C@H](c3ccc(F)cc3)C2)c1C. The number of hydrogen-bond acceptors (Lipinski definition) is 4. The molecule has 0 amide bonds. The van der Waals surface area contributed by atoms with E-state index in [-0.39, 0.29) is 11.7 Å². The molecule has 2 heterocycles. The van der Waals surface area contributed by atoms with Crippen LogP contribution >= 0.6 is 0 Å². The fourth-order valence-electron chi connectivity index (χ4n) is 3.75. The van der Waals surface area contributed by atoms with Crippen LogP contribution in [0, 0.1) is 25.6 Å². The van der Waals surface area contributed by atoms with Crippen molar-refractivity contribution in [1.82, 2.24) is 9.88 Å². The lowest BCUT2D eigenvalue weighted by atomic mass is 9.89. The zero-order valence-electron chi connectivity index (χ0n) is 15.2. The Kier molecular flexibility index (Phi) is 5.23. The Morgan fingerprint density at radius 2 is 2.00 bits per heavy atom. The molecular weight excluding hydrogens is 335 g/mol. The summed E-state index contributed by atoms with van der Waals surface area (Å²) in [6.07, 6.45) is 1.78. The number of likely N-dealkylation sites (tertiary alicyclic amines) is 1. The number of hydrogen-bond donors (Lipinski definition) is 1. The lowest BCUT2D eigenvalue weighted by molar-refractivity contribution is -0.141. The van der Waals surface area contributed by atoms with Crippen LogP contribution in [0.3, 0.4) is 0 Å². The van der Waals surface area contributed by atoms with Gasteiger partial charge < -0.3 is 9.84 Å². The highest BCUT2D eigenvalue weighted by molar-refractivity contribution is 5.72. The first-order chi connectivity index (χ1) is 12.4. The Bertz CT molecular complexity index is 807. The molecule has 2 aromatic rings. The molecule has 1 aromatic carbocycles. The van der Waals surface area contributed by atoms with Crippen molar-refractivity contribution in [2.24, 2.45) is 5.92 Å². The Balaban J connectivity index is 1.82. The van der Waals surface area contributed by atoms with E-state index in [2.05, 4.69) is 9.88 Å². The molecule has 6 heteroatoms. The van der Waals surface area contributed by atoms with Gasteiger partial charge in [-0.25, -0.2) is 4.39 Å². The molecule has 138 valence electrons. The summed E-state index contributed by atoms with van der Waals surface area (Å²) in [6, 6.07) is 6.12. The van der Waals surface area contributed by atoms with Gasteiger partial charge in [0.05, 0.1) is 18.7 Å². The van der Waals surface area contributed by atoms with Gasteiger partial charge in [-0.05, 0) is 31.5 Å². The topological polar surface area (TPSA) is 62.7 Å². The van der Waals surface area contributed by atoms with Gasteiger partial charge >= 0.3 is 5.97 Å². The third kappa shape index (κ3) is 3.55. The van der Waals surface area contributed by atoms with E-state index >= 15 is 0 Å². The first-order valence-corrected chi connectivity index (χ1v) is 8.60. The van der Waals surface area contributed by atoms with Crippen LogP contribution in [-0.2, 0) is 11.3 Å². The minimum atomic E-state index is -0.826. The minimum Gasteiger partial charge on any atom is -0.496 e. The van der Waals surface area contributed by atoms with Crippen molar-refractivity contribution in [2.75, 3.05) is 20.2 Å². The van der Waals surface area contributed by atoms with Gasteiger partial charge in [0.2, 0.25) is 0 Å². The van der Waals surface area contributed by atoms with Crippen molar-refractivity contribution < 1.29 is 19.0 Å². The maximum absolute atomic E-state index is 13.2. The quantitative estimate of drug-likeness (QED) is 0.890. The first-order valence-electron chi connectivity index (χ1n) is 8.60. The maximum atomic E-state index is 13.2. The molecular formula is C20H23FN2O3. The molecule has 0 bridgehead atoms. The third-order valence-electron chi connectivity index (χ3n) is 5.13. The van der Waals surface area contributed by atoms with Gasteiger partial charge in [-0.2, -0.15) is 0 Å². The standard InChI is InChI=1S/C20H23FN2O3/c1-12-8-22-18(13(2)19(12)26-3)11-23-9-16(17(10-23)20(24)25)14-4-6-15(21)7-5-14/h4-8,16-17H,9-11H2,1-3H3,(H,24,25)/t16-,17+/m0/s1. The fourth-order valence-corrected chi connectivity index (χ4v) is 3.75. The average molecular weight is 358 g/mol. The van der Waals surface area contributed by atoms with E-state index in [0.717, 1.165) is 28.1 Å². The highest BCUT2D eigenvalue weighted by Gasteiger charge is 2.38. The first kappa shape index (κ1) is 18.3. The van der Waals surface area contributed by atoms with Crippen molar-refractivity contribution in [1.29, 1.82) is 0 Å². The number of pyridine rings is 1. The number of benzene rings is 1. The number of carboxylic acids is 1. The largest absolute Gasteiger partial charge is 0.496 e. The lowest BCUT2D eigenvalue weighted by Crippen LogP contribution is -2.24. The summed E-state index contributed by atoms with van der Waals surface area (Å²) in [7, 11) is 1.64. The van der Waals surface area contributed by atoms with Crippen molar-refractivity contribution in [3.05, 3.63) is 58.7 Å². The van der Waals surface area contributed by atoms with Crippen molar-refractivity contribution >= 4 is 5.97 Å². The number of aryl methyl sites for hydroxylation is 1. The molecule has 26 heavy (non-hydrogen) atoms. The van der Waals surface area contributed by atoms with Gasteiger partial charge in [0.15, 0.2) is 0 Å². The predicted molar refractivity (Wildman–Crippen MR) is 95.8 cm³/mol. The van der Waals surface area contributed by atoms with Gasteiger partial charge in [-0.15, -0.1) is 0 Å². The fraction of sp³-hybridized carbons (Fsp3) is 0.400. The highest BCUT2D eigenvalue weighted by Crippen LogP contribution is 2.34. The number of aliphatic carboxylic acids is 1. The summed E-state index contributed by atoms with van der Waals surface area (Å²) in [5, 5.41) is 9.62. The van der Waals surface area contributed by atoms with Crippen LogP contribution in [0.1, 0.15) is 28.3 Å². The Morgan fingerprint density at radius 1 is 1.31 bits per heavy atom. The van der Waals surface area contributed by atoms with E-state index in [1.54, 1.807) is 25.4 Å². The molecule has 0 unspecified atom stereocenters.